The van der Waals surface area contributed by atoms with Gasteiger partial charge in [0, 0.05) is 17.9 Å². The average molecular weight is 279 g/mol. The van der Waals surface area contributed by atoms with Gasteiger partial charge in [-0.05, 0) is 29.3 Å². The first kappa shape index (κ1) is 13.2. The second-order valence-corrected chi connectivity index (χ2v) is 4.84. The largest absolute Gasteiger partial charge is 0.398 e. The number of aromatic nitrogens is 3. The highest BCUT2D eigenvalue weighted by Crippen LogP contribution is 2.15. The molecule has 5 heteroatoms. The zero-order valence-corrected chi connectivity index (χ0v) is 11.6. The lowest BCUT2D eigenvalue weighted by Gasteiger charge is -2.09. The monoisotopic (exact) mass is 279 g/mol. The van der Waals surface area contributed by atoms with Gasteiger partial charge in [-0.25, -0.2) is 9.67 Å². The third kappa shape index (κ3) is 3.39. The lowest BCUT2D eigenvalue weighted by molar-refractivity contribution is 0.685. The maximum Gasteiger partial charge on any atom is 0.137 e. The number of nitrogens with zero attached hydrogens (tertiary/aromatic N) is 3. The quantitative estimate of drug-likeness (QED) is 0.704. The van der Waals surface area contributed by atoms with Gasteiger partial charge in [0.25, 0.3) is 0 Å². The molecule has 0 radical (unpaired) electrons. The summed E-state index contributed by atoms with van der Waals surface area (Å²) < 4.78 is 1.80. The van der Waals surface area contributed by atoms with E-state index in [9.17, 15) is 0 Å². The van der Waals surface area contributed by atoms with Crippen molar-refractivity contribution in [1.82, 2.24) is 14.8 Å². The molecule has 0 unspecified atom stereocenters. The summed E-state index contributed by atoms with van der Waals surface area (Å²) in [4.78, 5) is 3.93. The molecule has 0 saturated carbocycles. The van der Waals surface area contributed by atoms with Gasteiger partial charge in [-0.1, -0.05) is 30.3 Å². The summed E-state index contributed by atoms with van der Waals surface area (Å²) in [7, 11) is 0. The fourth-order valence-electron chi connectivity index (χ4n) is 2.12. The molecule has 1 aromatic heterocycles. The zero-order valence-electron chi connectivity index (χ0n) is 11.6. The Bertz CT molecular complexity index is 689. The van der Waals surface area contributed by atoms with Crippen molar-refractivity contribution in [2.45, 2.75) is 13.1 Å². The van der Waals surface area contributed by atoms with E-state index >= 15 is 0 Å². The first-order valence-electron chi connectivity index (χ1n) is 6.80. The fourth-order valence-corrected chi connectivity index (χ4v) is 2.12. The van der Waals surface area contributed by atoms with E-state index in [2.05, 4.69) is 39.7 Å². The molecular formula is C16H17N5. The second-order valence-electron chi connectivity index (χ2n) is 4.84. The summed E-state index contributed by atoms with van der Waals surface area (Å²) in [5.41, 5.74) is 10.1. The Balaban J connectivity index is 1.61. The van der Waals surface area contributed by atoms with Gasteiger partial charge in [0.05, 0.1) is 6.54 Å². The number of nitrogens with two attached hydrogens (primary N) is 1. The highest BCUT2D eigenvalue weighted by Gasteiger charge is 1.99. The van der Waals surface area contributed by atoms with Gasteiger partial charge in [0.2, 0.25) is 0 Å². The predicted octanol–water partition coefficient (Wildman–Crippen LogP) is 2.52. The topological polar surface area (TPSA) is 68.8 Å². The summed E-state index contributed by atoms with van der Waals surface area (Å²) in [5.74, 6) is 0. The molecule has 3 N–H and O–H groups in total. The molecule has 3 aromatic rings. The molecule has 0 aliphatic rings. The molecule has 0 amide bonds. The van der Waals surface area contributed by atoms with Crippen molar-refractivity contribution in [2.24, 2.45) is 0 Å². The van der Waals surface area contributed by atoms with Crippen LogP contribution in [0.3, 0.4) is 0 Å². The predicted molar refractivity (Wildman–Crippen MR) is 83.7 cm³/mol. The standard InChI is InChI=1S/C16H17N5/c17-16-4-2-1-3-14(16)9-19-15-7-5-13(6-8-15)10-21-12-18-11-20-21/h1-8,11-12,19H,9-10,17H2. The molecule has 0 spiro atoms. The Labute approximate surface area is 123 Å². The number of hydrogen-bond donors (Lipinski definition) is 2. The minimum atomic E-state index is 0.717. The van der Waals surface area contributed by atoms with E-state index in [0.29, 0.717) is 0 Å². The van der Waals surface area contributed by atoms with Gasteiger partial charge >= 0.3 is 0 Å². The number of benzene rings is 2. The van der Waals surface area contributed by atoms with Crippen molar-refractivity contribution in [3.63, 3.8) is 0 Å². The van der Waals surface area contributed by atoms with Crippen molar-refractivity contribution >= 4 is 11.4 Å². The Hall–Kier alpha value is -2.82. The molecule has 5 nitrogen and oxygen atoms in total. The summed E-state index contributed by atoms with van der Waals surface area (Å²) in [6, 6.07) is 16.2. The van der Waals surface area contributed by atoms with E-state index in [1.807, 2.05) is 24.3 Å². The van der Waals surface area contributed by atoms with E-state index in [1.165, 1.54) is 5.56 Å². The minimum Gasteiger partial charge on any atom is -0.398 e. The van der Waals surface area contributed by atoms with Crippen LogP contribution in [0.5, 0.6) is 0 Å². The SMILES string of the molecule is Nc1ccccc1CNc1ccc(Cn2cncn2)cc1. The average Bonchev–Trinajstić information content (AvgIpc) is 3.01. The molecule has 0 aliphatic heterocycles. The summed E-state index contributed by atoms with van der Waals surface area (Å²) in [5, 5.41) is 7.47. The molecule has 0 fully saturated rings. The van der Waals surface area contributed by atoms with Gasteiger partial charge in [-0.2, -0.15) is 5.10 Å². The van der Waals surface area contributed by atoms with E-state index < -0.39 is 0 Å². The number of para-hydroxylation sites is 1. The van der Waals surface area contributed by atoms with Crippen LogP contribution in [0.2, 0.25) is 0 Å². The van der Waals surface area contributed by atoms with Crippen LogP contribution in [0.25, 0.3) is 0 Å². The normalized spacial score (nSPS) is 10.5. The molecule has 2 aromatic carbocycles. The summed E-state index contributed by atoms with van der Waals surface area (Å²) in [6.07, 6.45) is 3.25. The summed E-state index contributed by atoms with van der Waals surface area (Å²) in [6.45, 7) is 1.45. The lowest BCUT2D eigenvalue weighted by atomic mass is 10.1. The molecule has 21 heavy (non-hydrogen) atoms. The molecule has 0 saturated heterocycles. The third-order valence-corrected chi connectivity index (χ3v) is 3.30. The minimum absolute atomic E-state index is 0.717. The van der Waals surface area contributed by atoms with Crippen LogP contribution in [-0.2, 0) is 13.1 Å². The first-order chi connectivity index (χ1) is 10.3. The van der Waals surface area contributed by atoms with E-state index in [1.54, 1.807) is 17.3 Å². The van der Waals surface area contributed by atoms with Gasteiger partial charge in [0.15, 0.2) is 0 Å². The fraction of sp³-hybridized carbons (Fsp3) is 0.125. The molecule has 1 heterocycles. The number of anilines is 2. The number of hydrogen-bond acceptors (Lipinski definition) is 4. The van der Waals surface area contributed by atoms with Gasteiger partial charge in [-0.3, -0.25) is 0 Å². The Morgan fingerprint density at radius 1 is 1.05 bits per heavy atom. The van der Waals surface area contributed by atoms with E-state index in [0.717, 1.165) is 30.0 Å². The van der Waals surface area contributed by atoms with Gasteiger partial charge in [-0.15, -0.1) is 0 Å². The smallest absolute Gasteiger partial charge is 0.137 e. The maximum absolute atomic E-state index is 5.93. The number of rotatable bonds is 5. The van der Waals surface area contributed by atoms with E-state index in [-0.39, 0.29) is 0 Å². The van der Waals surface area contributed by atoms with Crippen LogP contribution in [-0.4, -0.2) is 14.8 Å². The van der Waals surface area contributed by atoms with Crippen LogP contribution in [0.4, 0.5) is 11.4 Å². The van der Waals surface area contributed by atoms with Gasteiger partial charge < -0.3 is 11.1 Å². The molecular weight excluding hydrogens is 262 g/mol. The molecule has 0 aliphatic carbocycles. The van der Waals surface area contributed by atoms with Gasteiger partial charge in [0.1, 0.15) is 12.7 Å². The van der Waals surface area contributed by atoms with Crippen molar-refractivity contribution < 1.29 is 0 Å². The van der Waals surface area contributed by atoms with E-state index in [4.69, 9.17) is 5.73 Å². The molecule has 0 atom stereocenters. The zero-order chi connectivity index (χ0) is 14.5. The van der Waals surface area contributed by atoms with Crippen LogP contribution in [0.15, 0.2) is 61.2 Å². The van der Waals surface area contributed by atoms with Crippen LogP contribution < -0.4 is 11.1 Å². The lowest BCUT2D eigenvalue weighted by Crippen LogP contribution is -2.03. The number of nitrogen functional groups attached to an aromatic ring is 1. The Morgan fingerprint density at radius 3 is 2.57 bits per heavy atom. The van der Waals surface area contributed by atoms with Crippen LogP contribution in [0.1, 0.15) is 11.1 Å². The van der Waals surface area contributed by atoms with Crippen molar-refractivity contribution in [2.75, 3.05) is 11.1 Å². The van der Waals surface area contributed by atoms with Crippen molar-refractivity contribution in [1.29, 1.82) is 0 Å². The first-order valence-corrected chi connectivity index (χ1v) is 6.80. The van der Waals surface area contributed by atoms with Crippen molar-refractivity contribution in [3.8, 4) is 0 Å². The highest BCUT2D eigenvalue weighted by atomic mass is 15.3. The second kappa shape index (κ2) is 6.09. The Kier molecular flexibility index (Phi) is 3.82. The van der Waals surface area contributed by atoms with Crippen LogP contribution >= 0.6 is 0 Å². The highest BCUT2D eigenvalue weighted by molar-refractivity contribution is 5.50. The van der Waals surface area contributed by atoms with Crippen LogP contribution in [0, 0.1) is 0 Å². The molecule has 3 rings (SSSR count). The maximum atomic E-state index is 5.93. The Morgan fingerprint density at radius 2 is 1.86 bits per heavy atom. The molecule has 106 valence electrons. The summed E-state index contributed by atoms with van der Waals surface area (Å²) >= 11 is 0. The number of nitrogens with one attached hydrogen (secondary N) is 1. The van der Waals surface area contributed by atoms with Crippen molar-refractivity contribution in [3.05, 3.63) is 72.3 Å². The third-order valence-electron chi connectivity index (χ3n) is 3.30. The molecule has 0 bridgehead atoms.